The van der Waals surface area contributed by atoms with Crippen LogP contribution in [-0.4, -0.2) is 78.4 Å². The van der Waals surface area contributed by atoms with E-state index in [0.717, 1.165) is 5.75 Å². The maximum absolute atomic E-state index is 9.93. The number of aliphatic hydroxyl groups is 3. The highest BCUT2D eigenvalue weighted by Gasteiger charge is 2.44. The summed E-state index contributed by atoms with van der Waals surface area (Å²) in [5.41, 5.74) is 0. The van der Waals surface area contributed by atoms with Crippen LogP contribution in [0, 0.1) is 0 Å². The molecule has 2 unspecified atom stereocenters. The number of aliphatic hydroxyl groups excluding tert-OH is 3. The molecule has 0 radical (unpaired) electrons. The summed E-state index contributed by atoms with van der Waals surface area (Å²) < 4.78 is 15.7. The molecule has 5 atom stereocenters. The Hall–Kier alpha value is 0.110. The van der Waals surface area contributed by atoms with Gasteiger partial charge in [0.25, 0.3) is 0 Å². The molecule has 0 bridgehead atoms. The van der Waals surface area contributed by atoms with E-state index >= 15 is 0 Å². The second-order valence-electron chi connectivity index (χ2n) is 4.11. The molecule has 108 valence electrons. The Balaban J connectivity index is 2.51. The molecule has 6 nitrogen and oxygen atoms in total. The molecule has 1 fully saturated rings. The molecular weight excluding hydrogens is 260 g/mol. The van der Waals surface area contributed by atoms with Crippen molar-refractivity contribution in [3.63, 3.8) is 0 Å². The average molecular weight is 282 g/mol. The van der Waals surface area contributed by atoms with Crippen LogP contribution < -0.4 is 0 Å². The lowest BCUT2D eigenvalue weighted by Crippen LogP contribution is -2.59. The molecular formula is C11H22O6S. The summed E-state index contributed by atoms with van der Waals surface area (Å²) in [5, 5.41) is 28.4. The molecule has 1 saturated heterocycles. The zero-order valence-corrected chi connectivity index (χ0v) is 11.5. The van der Waals surface area contributed by atoms with Gasteiger partial charge >= 0.3 is 0 Å². The smallest absolute Gasteiger partial charge is 0.186 e. The van der Waals surface area contributed by atoms with E-state index in [4.69, 9.17) is 19.3 Å². The number of ether oxygens (including phenoxy) is 3. The molecule has 0 saturated carbocycles. The normalized spacial score (nSPS) is 36.8. The summed E-state index contributed by atoms with van der Waals surface area (Å²) in [4.78, 5) is 0. The molecule has 1 aliphatic heterocycles. The van der Waals surface area contributed by atoms with Crippen LogP contribution in [-0.2, 0) is 14.2 Å². The maximum atomic E-state index is 9.93. The molecule has 0 aromatic heterocycles. The lowest BCUT2D eigenvalue weighted by Gasteiger charge is -2.41. The third-order valence-corrected chi connectivity index (χ3v) is 4.02. The third kappa shape index (κ3) is 4.06. The van der Waals surface area contributed by atoms with Crippen LogP contribution in [0.5, 0.6) is 0 Å². The molecule has 18 heavy (non-hydrogen) atoms. The van der Waals surface area contributed by atoms with E-state index in [2.05, 4.69) is 0 Å². The van der Waals surface area contributed by atoms with Gasteiger partial charge in [-0.15, -0.1) is 0 Å². The first kappa shape index (κ1) is 16.2. The zero-order chi connectivity index (χ0) is 13.5. The fourth-order valence-electron chi connectivity index (χ4n) is 1.89. The first-order chi connectivity index (χ1) is 8.65. The molecule has 0 spiro atoms. The van der Waals surface area contributed by atoms with E-state index in [1.54, 1.807) is 11.8 Å². The molecule has 0 amide bonds. The maximum Gasteiger partial charge on any atom is 0.186 e. The van der Waals surface area contributed by atoms with E-state index < -0.39 is 24.6 Å². The predicted octanol–water partition coefficient (Wildman–Crippen LogP) is -0.790. The number of hydrogen-bond acceptors (Lipinski definition) is 7. The van der Waals surface area contributed by atoms with Gasteiger partial charge < -0.3 is 29.5 Å². The summed E-state index contributed by atoms with van der Waals surface area (Å²) in [5.74, 6) is 1.42. The minimum absolute atomic E-state index is 0.161. The Kier molecular flexibility index (Phi) is 7.47. The number of rotatable bonds is 7. The topological polar surface area (TPSA) is 88.4 Å². The van der Waals surface area contributed by atoms with E-state index in [0.29, 0.717) is 12.2 Å². The SMILES string of the molecule is CO[C@H]1OC(CSCCCO)[C@@H](OC)[C@H](O)C1O. The first-order valence-corrected chi connectivity index (χ1v) is 7.07. The number of hydrogen-bond donors (Lipinski definition) is 3. The quantitative estimate of drug-likeness (QED) is 0.527. The number of thioether (sulfide) groups is 1. The van der Waals surface area contributed by atoms with Crippen molar-refractivity contribution in [3.8, 4) is 0 Å². The van der Waals surface area contributed by atoms with Crippen molar-refractivity contribution in [2.45, 2.75) is 37.1 Å². The Morgan fingerprint density at radius 2 is 1.89 bits per heavy atom. The highest BCUT2D eigenvalue weighted by Crippen LogP contribution is 2.26. The standard InChI is InChI=1S/C11H22O6S/c1-15-10-7(6-18-5-3-4-12)17-11(16-2)9(14)8(10)13/h7-14H,3-6H2,1-2H3/t7?,8-,9?,10-,11+/m1/s1. The van der Waals surface area contributed by atoms with Crippen molar-refractivity contribution in [2.75, 3.05) is 32.3 Å². The van der Waals surface area contributed by atoms with Crippen LogP contribution in [0.4, 0.5) is 0 Å². The Morgan fingerprint density at radius 1 is 1.17 bits per heavy atom. The van der Waals surface area contributed by atoms with Crippen LogP contribution in [0.1, 0.15) is 6.42 Å². The fourth-order valence-corrected chi connectivity index (χ4v) is 2.89. The lowest BCUT2D eigenvalue weighted by atomic mass is 10.00. The fraction of sp³-hybridized carbons (Fsp3) is 1.00. The summed E-state index contributed by atoms with van der Waals surface area (Å²) in [6.07, 6.45) is -3.19. The van der Waals surface area contributed by atoms with Gasteiger partial charge in [0.15, 0.2) is 6.29 Å². The summed E-state index contributed by atoms with van der Waals surface area (Å²) >= 11 is 1.61. The second-order valence-corrected chi connectivity index (χ2v) is 5.26. The van der Waals surface area contributed by atoms with E-state index in [9.17, 15) is 10.2 Å². The summed E-state index contributed by atoms with van der Waals surface area (Å²) in [6, 6.07) is 0. The van der Waals surface area contributed by atoms with Crippen molar-refractivity contribution in [2.24, 2.45) is 0 Å². The molecule has 1 heterocycles. The molecule has 3 N–H and O–H groups in total. The Labute approximate surface area is 111 Å². The largest absolute Gasteiger partial charge is 0.396 e. The van der Waals surface area contributed by atoms with Crippen LogP contribution >= 0.6 is 11.8 Å². The van der Waals surface area contributed by atoms with Gasteiger partial charge in [-0.25, -0.2) is 0 Å². The van der Waals surface area contributed by atoms with E-state index in [-0.39, 0.29) is 12.7 Å². The van der Waals surface area contributed by atoms with Crippen molar-refractivity contribution in [1.82, 2.24) is 0 Å². The number of methoxy groups -OCH3 is 2. The van der Waals surface area contributed by atoms with Gasteiger partial charge in [-0.05, 0) is 12.2 Å². The molecule has 7 heteroatoms. The minimum atomic E-state index is -1.11. The molecule has 0 aromatic carbocycles. The Bertz CT molecular complexity index is 230. The summed E-state index contributed by atoms with van der Waals surface area (Å²) in [7, 11) is 2.90. The van der Waals surface area contributed by atoms with Gasteiger partial charge in [-0.1, -0.05) is 0 Å². The zero-order valence-electron chi connectivity index (χ0n) is 10.7. The van der Waals surface area contributed by atoms with E-state index in [1.807, 2.05) is 0 Å². The third-order valence-electron chi connectivity index (χ3n) is 2.87. The van der Waals surface area contributed by atoms with Crippen LogP contribution in [0.25, 0.3) is 0 Å². The average Bonchev–Trinajstić information content (AvgIpc) is 2.38. The minimum Gasteiger partial charge on any atom is -0.396 e. The monoisotopic (exact) mass is 282 g/mol. The van der Waals surface area contributed by atoms with Crippen molar-refractivity contribution in [3.05, 3.63) is 0 Å². The van der Waals surface area contributed by atoms with Crippen molar-refractivity contribution in [1.29, 1.82) is 0 Å². The highest BCUT2D eigenvalue weighted by atomic mass is 32.2. The summed E-state index contributed by atoms with van der Waals surface area (Å²) in [6.45, 7) is 0.161. The van der Waals surface area contributed by atoms with Gasteiger partial charge in [0, 0.05) is 26.6 Å². The Morgan fingerprint density at radius 3 is 2.44 bits per heavy atom. The molecule has 0 aliphatic carbocycles. The molecule has 1 rings (SSSR count). The van der Waals surface area contributed by atoms with Gasteiger partial charge in [0.2, 0.25) is 0 Å². The van der Waals surface area contributed by atoms with Gasteiger partial charge in [0.1, 0.15) is 18.3 Å². The highest BCUT2D eigenvalue weighted by molar-refractivity contribution is 7.99. The first-order valence-electron chi connectivity index (χ1n) is 5.91. The van der Waals surface area contributed by atoms with E-state index in [1.165, 1.54) is 14.2 Å². The van der Waals surface area contributed by atoms with Crippen molar-refractivity contribution < 1.29 is 29.5 Å². The second kappa shape index (κ2) is 8.31. The van der Waals surface area contributed by atoms with Gasteiger partial charge in [0.05, 0.1) is 6.10 Å². The van der Waals surface area contributed by atoms with Crippen LogP contribution in [0.3, 0.4) is 0 Å². The predicted molar refractivity (Wildman–Crippen MR) is 67.5 cm³/mol. The molecule has 0 aromatic rings. The van der Waals surface area contributed by atoms with Crippen molar-refractivity contribution >= 4 is 11.8 Å². The van der Waals surface area contributed by atoms with Gasteiger partial charge in [-0.2, -0.15) is 11.8 Å². The van der Waals surface area contributed by atoms with Crippen LogP contribution in [0.2, 0.25) is 0 Å². The van der Waals surface area contributed by atoms with Gasteiger partial charge in [-0.3, -0.25) is 0 Å². The lowest BCUT2D eigenvalue weighted by molar-refractivity contribution is -0.288. The molecule has 1 aliphatic rings. The van der Waals surface area contributed by atoms with Crippen LogP contribution in [0.15, 0.2) is 0 Å².